The van der Waals surface area contributed by atoms with Crippen molar-refractivity contribution in [2.24, 2.45) is 5.92 Å². The first-order chi connectivity index (χ1) is 13.6. The van der Waals surface area contributed by atoms with E-state index in [0.29, 0.717) is 13.1 Å². The molecule has 0 spiro atoms. The van der Waals surface area contributed by atoms with Crippen LogP contribution in [0.25, 0.3) is 0 Å². The molecule has 2 aliphatic rings. The number of anilines is 1. The molecule has 4 rings (SSSR count). The van der Waals surface area contributed by atoms with Crippen LogP contribution in [0.1, 0.15) is 30.0 Å². The highest BCUT2D eigenvalue weighted by Crippen LogP contribution is 2.29. The molecule has 2 atom stereocenters. The summed E-state index contributed by atoms with van der Waals surface area (Å²) < 4.78 is 13.3. The average molecular weight is 382 g/mol. The summed E-state index contributed by atoms with van der Waals surface area (Å²) in [4.78, 5) is 17.4. The Morgan fingerprint density at radius 3 is 2.61 bits per heavy atom. The van der Waals surface area contributed by atoms with E-state index in [1.54, 1.807) is 12.1 Å². The highest BCUT2D eigenvalue weighted by Gasteiger charge is 2.35. The highest BCUT2D eigenvalue weighted by atomic mass is 19.1. The number of rotatable bonds is 5. The van der Waals surface area contributed by atoms with Crippen LogP contribution in [0, 0.1) is 11.7 Å². The molecule has 2 fully saturated rings. The number of halogens is 1. The number of hydrogen-bond acceptors (Lipinski definition) is 4. The van der Waals surface area contributed by atoms with Crippen molar-refractivity contribution in [3.05, 3.63) is 65.5 Å². The molecule has 2 unspecified atom stereocenters. The minimum absolute atomic E-state index is 0.0862. The summed E-state index contributed by atoms with van der Waals surface area (Å²) >= 11 is 0. The van der Waals surface area contributed by atoms with Gasteiger partial charge in [0.25, 0.3) is 0 Å². The maximum atomic E-state index is 13.3. The van der Waals surface area contributed by atoms with Gasteiger partial charge in [-0.2, -0.15) is 0 Å². The Balaban J connectivity index is 1.48. The van der Waals surface area contributed by atoms with Gasteiger partial charge >= 0.3 is 0 Å². The monoisotopic (exact) mass is 382 g/mol. The van der Waals surface area contributed by atoms with Crippen molar-refractivity contribution in [2.45, 2.75) is 25.4 Å². The minimum Gasteiger partial charge on any atom is -0.371 e. The van der Waals surface area contributed by atoms with Crippen LogP contribution in [0.15, 0.2) is 48.5 Å². The molecule has 6 heteroatoms. The lowest BCUT2D eigenvalue weighted by molar-refractivity contribution is -0.134. The van der Waals surface area contributed by atoms with Crippen LogP contribution in [-0.2, 0) is 11.3 Å². The molecule has 0 aromatic heterocycles. The van der Waals surface area contributed by atoms with Crippen LogP contribution >= 0.6 is 0 Å². The summed E-state index contributed by atoms with van der Waals surface area (Å²) in [5.41, 5.74) is 9.59. The lowest BCUT2D eigenvalue weighted by atomic mass is 9.93. The van der Waals surface area contributed by atoms with E-state index in [0.717, 1.165) is 18.7 Å². The number of nitrogens with one attached hydrogen (secondary N) is 2. The van der Waals surface area contributed by atoms with E-state index in [1.807, 2.05) is 18.0 Å². The lowest BCUT2D eigenvalue weighted by Crippen LogP contribution is -2.36. The molecule has 5 nitrogen and oxygen atoms in total. The van der Waals surface area contributed by atoms with Gasteiger partial charge in [0.2, 0.25) is 5.91 Å². The predicted molar refractivity (Wildman–Crippen MR) is 108 cm³/mol. The van der Waals surface area contributed by atoms with Crippen molar-refractivity contribution in [2.75, 3.05) is 31.6 Å². The number of carbonyl (C=O) groups is 1. The van der Waals surface area contributed by atoms with Crippen LogP contribution in [0.3, 0.4) is 0 Å². The molecule has 0 bridgehead atoms. The normalized spacial score (nSPS) is 21.9. The Morgan fingerprint density at radius 1 is 1.14 bits per heavy atom. The zero-order chi connectivity index (χ0) is 19.5. The largest absolute Gasteiger partial charge is 0.371 e. The second-order valence-corrected chi connectivity index (χ2v) is 7.68. The molecule has 28 heavy (non-hydrogen) atoms. The third-order valence-electron chi connectivity index (χ3n) is 5.75. The summed E-state index contributed by atoms with van der Waals surface area (Å²) in [7, 11) is 1.86. The first-order valence-electron chi connectivity index (χ1n) is 9.95. The number of hydrazine groups is 1. The molecule has 0 radical (unpaired) electrons. The van der Waals surface area contributed by atoms with E-state index < -0.39 is 0 Å². The molecule has 2 aromatic carbocycles. The van der Waals surface area contributed by atoms with E-state index in [1.165, 1.54) is 36.2 Å². The molecule has 0 saturated carbocycles. The molecular formula is C22H27FN4O. The Morgan fingerprint density at radius 2 is 1.86 bits per heavy atom. The zero-order valence-corrected chi connectivity index (χ0v) is 16.2. The third-order valence-corrected chi connectivity index (χ3v) is 5.75. The van der Waals surface area contributed by atoms with Gasteiger partial charge in [-0.3, -0.25) is 10.2 Å². The molecule has 0 aliphatic carbocycles. The van der Waals surface area contributed by atoms with Gasteiger partial charge in [-0.15, -0.1) is 0 Å². The average Bonchev–Trinajstić information content (AvgIpc) is 3.40. The minimum atomic E-state index is -0.270. The van der Waals surface area contributed by atoms with Crippen LogP contribution in [0.5, 0.6) is 0 Å². The van der Waals surface area contributed by atoms with Crippen molar-refractivity contribution in [3.63, 3.8) is 0 Å². The number of para-hydroxylation sites is 1. The second-order valence-electron chi connectivity index (χ2n) is 7.68. The first kappa shape index (κ1) is 18.9. The van der Waals surface area contributed by atoms with Gasteiger partial charge in [-0.25, -0.2) is 9.82 Å². The van der Waals surface area contributed by atoms with E-state index >= 15 is 0 Å². The van der Waals surface area contributed by atoms with Gasteiger partial charge in [0, 0.05) is 38.9 Å². The Hall–Kier alpha value is -2.44. The standard InChI is InChI=1S/C22H27FN4O/c1-26(15-17-6-2-3-7-20(17)27-12-4-5-13-27)22(28)19-14-24-25-21(19)16-8-10-18(23)11-9-16/h2-3,6-11,19,21,24-25H,4-5,12-15H2,1H3. The van der Waals surface area contributed by atoms with Gasteiger partial charge in [0.15, 0.2) is 0 Å². The first-order valence-corrected chi connectivity index (χ1v) is 9.95. The molecule has 2 N–H and O–H groups in total. The summed E-state index contributed by atoms with van der Waals surface area (Å²) in [6, 6.07) is 14.6. The van der Waals surface area contributed by atoms with Gasteiger partial charge in [-0.1, -0.05) is 30.3 Å². The summed E-state index contributed by atoms with van der Waals surface area (Å²) in [6.45, 7) is 3.30. The maximum absolute atomic E-state index is 13.3. The van der Waals surface area contributed by atoms with E-state index in [4.69, 9.17) is 0 Å². The fourth-order valence-electron chi connectivity index (χ4n) is 4.24. The Kier molecular flexibility index (Phi) is 5.59. The lowest BCUT2D eigenvalue weighted by Gasteiger charge is -2.27. The molecule has 2 aromatic rings. The quantitative estimate of drug-likeness (QED) is 0.835. The van der Waals surface area contributed by atoms with Crippen molar-refractivity contribution in [1.82, 2.24) is 15.8 Å². The number of carbonyl (C=O) groups excluding carboxylic acids is 1. The fourth-order valence-corrected chi connectivity index (χ4v) is 4.24. The number of benzene rings is 2. The predicted octanol–water partition coefficient (Wildman–Crippen LogP) is 2.85. The SMILES string of the molecule is CN(Cc1ccccc1N1CCCC1)C(=O)C1CNNC1c1ccc(F)cc1. The van der Waals surface area contributed by atoms with E-state index in [-0.39, 0.29) is 23.7 Å². The van der Waals surface area contributed by atoms with Gasteiger partial charge < -0.3 is 9.80 Å². The van der Waals surface area contributed by atoms with Crippen LogP contribution in [0.2, 0.25) is 0 Å². The molecule has 2 saturated heterocycles. The zero-order valence-electron chi connectivity index (χ0n) is 16.2. The van der Waals surface area contributed by atoms with Crippen LogP contribution < -0.4 is 15.8 Å². The van der Waals surface area contributed by atoms with E-state index in [9.17, 15) is 9.18 Å². The van der Waals surface area contributed by atoms with Crippen molar-refractivity contribution >= 4 is 11.6 Å². The summed E-state index contributed by atoms with van der Waals surface area (Å²) in [5.74, 6) is -0.411. The van der Waals surface area contributed by atoms with Crippen molar-refractivity contribution < 1.29 is 9.18 Å². The summed E-state index contributed by atoms with van der Waals surface area (Å²) in [5, 5.41) is 0. The number of nitrogens with zero attached hydrogens (tertiary/aromatic N) is 2. The smallest absolute Gasteiger partial charge is 0.229 e. The highest BCUT2D eigenvalue weighted by molar-refractivity contribution is 5.80. The number of hydrogen-bond donors (Lipinski definition) is 2. The summed E-state index contributed by atoms with van der Waals surface area (Å²) in [6.07, 6.45) is 2.45. The molecule has 2 heterocycles. The van der Waals surface area contributed by atoms with Crippen molar-refractivity contribution in [1.29, 1.82) is 0 Å². The fraction of sp³-hybridized carbons (Fsp3) is 0.409. The molecule has 2 aliphatic heterocycles. The second kappa shape index (κ2) is 8.29. The van der Waals surface area contributed by atoms with Gasteiger partial charge in [0.05, 0.1) is 12.0 Å². The maximum Gasteiger partial charge on any atom is 0.229 e. The molecular weight excluding hydrogens is 355 g/mol. The molecule has 1 amide bonds. The number of amides is 1. The van der Waals surface area contributed by atoms with Crippen molar-refractivity contribution in [3.8, 4) is 0 Å². The van der Waals surface area contributed by atoms with Crippen LogP contribution in [0.4, 0.5) is 10.1 Å². The topological polar surface area (TPSA) is 47.6 Å². The Labute approximate surface area is 165 Å². The van der Waals surface area contributed by atoms with Gasteiger partial charge in [-0.05, 0) is 42.2 Å². The third kappa shape index (κ3) is 3.88. The van der Waals surface area contributed by atoms with E-state index in [2.05, 4.69) is 34.0 Å². The van der Waals surface area contributed by atoms with Crippen LogP contribution in [-0.4, -0.2) is 37.5 Å². The molecule has 148 valence electrons. The Bertz CT molecular complexity index is 820. The van der Waals surface area contributed by atoms with Gasteiger partial charge in [0.1, 0.15) is 5.82 Å².